The van der Waals surface area contributed by atoms with E-state index in [-0.39, 0.29) is 24.5 Å². The fraction of sp³-hybridized carbons (Fsp3) is 0.650. The van der Waals surface area contributed by atoms with E-state index in [2.05, 4.69) is 22.5 Å². The second-order valence-electron chi connectivity index (χ2n) is 14.3. The molecule has 5 rings (SSSR count). The number of Topliss-reactive ketones (excluding diaryl/α,β-unsaturated/α-hetero) is 1. The first kappa shape index (κ1) is 42.4. The number of nitrogens with one attached hydrogen (secondary N) is 3. The van der Waals surface area contributed by atoms with Crippen LogP contribution >= 0.6 is 0 Å². The van der Waals surface area contributed by atoms with Crippen molar-refractivity contribution in [3.63, 3.8) is 0 Å². The second-order valence-corrected chi connectivity index (χ2v) is 14.3. The maximum Gasteiger partial charge on any atom is 0.336 e. The van der Waals surface area contributed by atoms with Crippen molar-refractivity contribution >= 4 is 35.9 Å². The number of carbonyl (C=O) groups excluding carboxylic acids is 6. The van der Waals surface area contributed by atoms with Crippen molar-refractivity contribution in [1.82, 2.24) is 20.9 Å². The fourth-order valence-corrected chi connectivity index (χ4v) is 7.40. The number of esters is 1. The first-order valence-electron chi connectivity index (χ1n) is 19.3. The molecule has 0 bridgehead atoms. The SMILES string of the molecule is C=CC(CC1CCC1)(NC=O)C(=O)OCc1ccccc1.CC.CNC(C(=O)N1CCCC1C(=O)NC(CC1CC1)C(=O)C(N)=O)C1CCCCC1. The number of nitrogens with zero attached hydrogens (tertiary/aromatic N) is 1. The average Bonchev–Trinajstić information content (AvgIpc) is 3.83. The van der Waals surface area contributed by atoms with Crippen molar-refractivity contribution in [2.45, 2.75) is 134 Å². The van der Waals surface area contributed by atoms with Gasteiger partial charge in [0.05, 0.1) is 12.1 Å². The lowest BCUT2D eigenvalue weighted by atomic mass is 9.76. The molecular formula is C40H61N5O7. The van der Waals surface area contributed by atoms with Gasteiger partial charge in [0.25, 0.3) is 5.91 Å². The van der Waals surface area contributed by atoms with E-state index < -0.39 is 35.3 Å². The standard InChI is InChI=1S/C21H34N4O4.C17H21NO3.C2H6/c1-23-17(14-6-3-2-4-7-14)21(29)25-11-5-8-16(25)20(28)24-15(12-13-9-10-13)18(26)19(22)27;1-2-17(18-13-19,11-14-9-6-10-14)16(20)21-12-15-7-4-3-5-8-15;1-2/h13-17,23H,2-12H2,1H3,(H2,22,27)(H,24,28);2-5,7-8,13-14H,1,6,9-12H2,(H,18,19);1-2H3. The zero-order chi connectivity index (χ0) is 38.1. The Balaban J connectivity index is 0.000000280. The van der Waals surface area contributed by atoms with Crippen LogP contribution in [0.25, 0.3) is 0 Å². The van der Waals surface area contributed by atoms with Crippen LogP contribution in [0.5, 0.6) is 0 Å². The zero-order valence-corrected chi connectivity index (χ0v) is 31.4. The summed E-state index contributed by atoms with van der Waals surface area (Å²) in [4.78, 5) is 74.7. The van der Waals surface area contributed by atoms with Crippen LogP contribution in [0.2, 0.25) is 0 Å². The number of likely N-dealkylation sites (tertiary alicyclic amines) is 1. The van der Waals surface area contributed by atoms with Gasteiger partial charge >= 0.3 is 5.97 Å². The van der Waals surface area contributed by atoms with E-state index >= 15 is 0 Å². The van der Waals surface area contributed by atoms with Gasteiger partial charge in [0.1, 0.15) is 12.6 Å². The first-order valence-corrected chi connectivity index (χ1v) is 19.3. The highest BCUT2D eigenvalue weighted by atomic mass is 16.5. The van der Waals surface area contributed by atoms with Crippen molar-refractivity contribution < 1.29 is 33.5 Å². The summed E-state index contributed by atoms with van der Waals surface area (Å²) in [5, 5.41) is 8.51. The lowest BCUT2D eigenvalue weighted by Crippen LogP contribution is -2.56. The lowest BCUT2D eigenvalue weighted by Gasteiger charge is -2.35. The van der Waals surface area contributed by atoms with Gasteiger partial charge in [0.15, 0.2) is 5.54 Å². The molecule has 4 unspecified atom stereocenters. The van der Waals surface area contributed by atoms with Gasteiger partial charge in [-0.25, -0.2) is 4.79 Å². The van der Waals surface area contributed by atoms with Gasteiger partial charge in [0.2, 0.25) is 24.0 Å². The molecule has 4 fully saturated rings. The van der Waals surface area contributed by atoms with Crippen LogP contribution in [0.1, 0.15) is 109 Å². The van der Waals surface area contributed by atoms with Crippen molar-refractivity contribution in [1.29, 1.82) is 0 Å². The number of rotatable bonds is 17. The van der Waals surface area contributed by atoms with Gasteiger partial charge in [-0.05, 0) is 68.9 Å². The van der Waals surface area contributed by atoms with Crippen LogP contribution in [-0.2, 0) is 40.1 Å². The van der Waals surface area contributed by atoms with E-state index in [0.717, 1.165) is 63.4 Å². The maximum absolute atomic E-state index is 13.2. The molecule has 4 amide bonds. The number of amides is 4. The normalized spacial score (nSPS) is 20.8. The zero-order valence-electron chi connectivity index (χ0n) is 31.4. The Bertz CT molecular complexity index is 1340. The largest absolute Gasteiger partial charge is 0.459 e. The number of ketones is 1. The third kappa shape index (κ3) is 12.0. The summed E-state index contributed by atoms with van der Waals surface area (Å²) in [7, 11) is 1.81. The number of hydrogen-bond donors (Lipinski definition) is 4. The smallest absolute Gasteiger partial charge is 0.336 e. The molecule has 1 saturated heterocycles. The minimum Gasteiger partial charge on any atom is -0.459 e. The number of ether oxygens (including phenoxy) is 1. The molecule has 0 aromatic heterocycles. The number of primary amides is 1. The van der Waals surface area contributed by atoms with Crippen LogP contribution in [-0.4, -0.2) is 78.0 Å². The Hall–Kier alpha value is -4.06. The highest BCUT2D eigenvalue weighted by Crippen LogP contribution is 2.35. The quantitative estimate of drug-likeness (QED) is 0.0804. The summed E-state index contributed by atoms with van der Waals surface area (Å²) < 4.78 is 5.37. The molecule has 4 atom stereocenters. The van der Waals surface area contributed by atoms with Crippen LogP contribution in [0.3, 0.4) is 0 Å². The average molecular weight is 724 g/mol. The molecule has 5 N–H and O–H groups in total. The van der Waals surface area contributed by atoms with E-state index in [1.165, 1.54) is 18.9 Å². The van der Waals surface area contributed by atoms with Crippen LogP contribution in [0, 0.1) is 17.8 Å². The summed E-state index contributed by atoms with van der Waals surface area (Å²) in [6, 6.07) is 7.71. The van der Waals surface area contributed by atoms with Gasteiger partial charge in [-0.15, -0.1) is 6.58 Å². The lowest BCUT2D eigenvalue weighted by molar-refractivity contribution is -0.153. The second kappa shape index (κ2) is 21.5. The molecule has 12 heteroatoms. The number of nitrogens with two attached hydrogens (primary N) is 1. The topological polar surface area (TPSA) is 177 Å². The fourth-order valence-electron chi connectivity index (χ4n) is 7.40. The van der Waals surface area contributed by atoms with Gasteiger partial charge in [0, 0.05) is 6.54 Å². The predicted octanol–water partition coefficient (Wildman–Crippen LogP) is 4.10. The van der Waals surface area contributed by atoms with Crippen molar-refractivity contribution in [2.75, 3.05) is 13.6 Å². The van der Waals surface area contributed by atoms with E-state index in [4.69, 9.17) is 10.5 Å². The van der Waals surface area contributed by atoms with E-state index in [0.29, 0.717) is 50.0 Å². The molecule has 288 valence electrons. The Kier molecular flexibility index (Phi) is 17.5. The molecule has 4 aliphatic rings. The number of benzene rings is 1. The molecule has 0 spiro atoms. The van der Waals surface area contributed by atoms with Crippen molar-refractivity contribution in [3.8, 4) is 0 Å². The van der Waals surface area contributed by atoms with Gasteiger partial charge in [-0.2, -0.15) is 0 Å². The number of hydrogen-bond acceptors (Lipinski definition) is 8. The van der Waals surface area contributed by atoms with Crippen LogP contribution < -0.4 is 21.7 Å². The summed E-state index contributed by atoms with van der Waals surface area (Å²) >= 11 is 0. The first-order chi connectivity index (χ1) is 25.1. The highest BCUT2D eigenvalue weighted by Gasteiger charge is 2.42. The van der Waals surface area contributed by atoms with Gasteiger partial charge in [-0.1, -0.05) is 102 Å². The van der Waals surface area contributed by atoms with E-state index in [1.54, 1.807) is 11.9 Å². The molecule has 0 radical (unpaired) electrons. The molecule has 1 aromatic carbocycles. The number of likely N-dealkylation sites (N-methyl/N-ethyl adjacent to an activating group) is 1. The maximum atomic E-state index is 13.2. The molecule has 1 aliphatic heterocycles. The summed E-state index contributed by atoms with van der Waals surface area (Å²) in [5.41, 5.74) is 4.97. The van der Waals surface area contributed by atoms with E-state index in [1.807, 2.05) is 44.2 Å². The summed E-state index contributed by atoms with van der Waals surface area (Å²) in [5.74, 6) is -1.51. The third-order valence-electron chi connectivity index (χ3n) is 10.8. The van der Waals surface area contributed by atoms with Gasteiger partial charge in [-0.3, -0.25) is 24.0 Å². The molecular weight excluding hydrogens is 662 g/mol. The summed E-state index contributed by atoms with van der Waals surface area (Å²) in [6.07, 6.45) is 15.2. The van der Waals surface area contributed by atoms with Crippen molar-refractivity contribution in [2.24, 2.45) is 23.5 Å². The predicted molar refractivity (Wildman–Crippen MR) is 199 cm³/mol. The Labute approximate surface area is 309 Å². The Morgan fingerprint density at radius 3 is 2.15 bits per heavy atom. The monoisotopic (exact) mass is 723 g/mol. The minimum absolute atomic E-state index is 0.0305. The molecule has 1 aromatic rings. The Morgan fingerprint density at radius 1 is 0.942 bits per heavy atom. The van der Waals surface area contributed by atoms with Gasteiger partial charge < -0.3 is 31.3 Å². The molecule has 3 aliphatic carbocycles. The van der Waals surface area contributed by atoms with Crippen LogP contribution in [0.4, 0.5) is 0 Å². The molecule has 52 heavy (non-hydrogen) atoms. The van der Waals surface area contributed by atoms with E-state index in [9.17, 15) is 28.8 Å². The molecule has 12 nitrogen and oxygen atoms in total. The van der Waals surface area contributed by atoms with Crippen molar-refractivity contribution in [3.05, 3.63) is 48.6 Å². The Morgan fingerprint density at radius 2 is 1.62 bits per heavy atom. The van der Waals surface area contributed by atoms with Crippen LogP contribution in [0.15, 0.2) is 43.0 Å². The highest BCUT2D eigenvalue weighted by molar-refractivity contribution is 6.37. The summed E-state index contributed by atoms with van der Waals surface area (Å²) in [6.45, 7) is 8.45. The number of carbonyl (C=O) groups is 6. The molecule has 1 heterocycles. The third-order valence-corrected chi connectivity index (χ3v) is 10.8. The minimum atomic E-state index is -1.11. The molecule has 3 saturated carbocycles.